The maximum atomic E-state index is 5.65. The number of rotatable bonds is 1. The summed E-state index contributed by atoms with van der Waals surface area (Å²) in [5.74, 6) is 0. The molecule has 0 amide bonds. The molecule has 0 bridgehead atoms. The molecule has 0 aliphatic heterocycles. The first-order valence-corrected chi connectivity index (χ1v) is 8.00. The Hall–Kier alpha value is -1.60. The number of hydrogen-bond acceptors (Lipinski definition) is 1. The molecule has 0 heterocycles. The van der Waals surface area contributed by atoms with Gasteiger partial charge in [0.2, 0.25) is 0 Å². The van der Waals surface area contributed by atoms with Crippen molar-refractivity contribution in [3.8, 4) is 0 Å². The molecule has 0 fully saturated rings. The van der Waals surface area contributed by atoms with Crippen LogP contribution in [0.4, 0.5) is 0 Å². The summed E-state index contributed by atoms with van der Waals surface area (Å²) in [6.45, 7) is 13.9. The molecule has 2 aromatic rings. The molecule has 1 heteroatoms. The van der Waals surface area contributed by atoms with Gasteiger partial charge in [-0.25, -0.2) is 0 Å². The molecule has 0 aliphatic rings. The van der Waals surface area contributed by atoms with E-state index < -0.39 is 0 Å². The van der Waals surface area contributed by atoms with E-state index in [1.54, 1.807) is 0 Å². The fraction of sp³-hybridized carbons (Fsp3) is 0.429. The third kappa shape index (κ3) is 5.65. The van der Waals surface area contributed by atoms with E-state index in [1.165, 1.54) is 16.7 Å². The van der Waals surface area contributed by atoms with Crippen molar-refractivity contribution >= 4 is 0 Å². The first kappa shape index (κ1) is 18.4. The smallest absolute Gasteiger partial charge is 0.0181 e. The average molecular weight is 297 g/mol. The second-order valence-electron chi connectivity index (χ2n) is 7.73. The Morgan fingerprint density at radius 2 is 1.18 bits per heavy atom. The van der Waals surface area contributed by atoms with E-state index in [1.807, 2.05) is 6.07 Å². The lowest BCUT2D eigenvalue weighted by Gasteiger charge is -2.22. The van der Waals surface area contributed by atoms with Gasteiger partial charge in [0.15, 0.2) is 0 Å². The van der Waals surface area contributed by atoms with Gasteiger partial charge in [0.05, 0.1) is 0 Å². The Bertz CT molecular complexity index is 556. The van der Waals surface area contributed by atoms with E-state index in [4.69, 9.17) is 5.73 Å². The second kappa shape index (κ2) is 7.60. The zero-order valence-corrected chi connectivity index (χ0v) is 15.0. The molecule has 2 N–H and O–H groups in total. The summed E-state index contributed by atoms with van der Waals surface area (Å²) in [5, 5.41) is 0. The van der Waals surface area contributed by atoms with Gasteiger partial charge in [0, 0.05) is 6.54 Å². The maximum absolute atomic E-state index is 5.65. The van der Waals surface area contributed by atoms with Gasteiger partial charge in [-0.15, -0.1) is 0 Å². The molecular formula is C21H31N. The third-order valence-corrected chi connectivity index (χ3v) is 3.69. The minimum Gasteiger partial charge on any atom is -0.326 e. The summed E-state index contributed by atoms with van der Waals surface area (Å²) >= 11 is 0. The summed E-state index contributed by atoms with van der Waals surface area (Å²) in [6.07, 6.45) is 0. The fourth-order valence-electron chi connectivity index (χ4n) is 2.37. The lowest BCUT2D eigenvalue weighted by Crippen LogP contribution is -2.15. The van der Waals surface area contributed by atoms with E-state index in [-0.39, 0.29) is 5.41 Å². The molecule has 0 radical (unpaired) electrons. The Morgan fingerprint density at radius 1 is 0.682 bits per heavy atom. The van der Waals surface area contributed by atoms with E-state index in [0.29, 0.717) is 12.0 Å². The van der Waals surface area contributed by atoms with Crippen molar-refractivity contribution < 1.29 is 0 Å². The summed E-state index contributed by atoms with van der Waals surface area (Å²) < 4.78 is 0. The zero-order chi connectivity index (χ0) is 16.8. The molecule has 0 saturated carbocycles. The van der Waals surface area contributed by atoms with Crippen LogP contribution in [0, 0.1) is 0 Å². The predicted octanol–water partition coefficient (Wildman–Crippen LogP) is 5.43. The Labute approximate surface area is 136 Å². The van der Waals surface area contributed by atoms with Crippen LogP contribution < -0.4 is 5.73 Å². The van der Waals surface area contributed by atoms with Crippen molar-refractivity contribution in [2.24, 2.45) is 5.73 Å². The molecule has 0 unspecified atom stereocenters. The van der Waals surface area contributed by atoms with Gasteiger partial charge >= 0.3 is 0 Å². The van der Waals surface area contributed by atoms with Crippen LogP contribution in [-0.4, -0.2) is 0 Å². The van der Waals surface area contributed by atoms with Crippen LogP contribution in [0.15, 0.2) is 54.6 Å². The highest BCUT2D eigenvalue weighted by atomic mass is 14.5. The van der Waals surface area contributed by atoms with Crippen molar-refractivity contribution in [3.05, 3.63) is 71.3 Å². The molecule has 22 heavy (non-hydrogen) atoms. The van der Waals surface area contributed by atoms with Crippen molar-refractivity contribution in [2.75, 3.05) is 0 Å². The lowest BCUT2D eigenvalue weighted by molar-refractivity contribution is 0.582. The topological polar surface area (TPSA) is 26.0 Å². The molecule has 0 spiro atoms. The van der Waals surface area contributed by atoms with E-state index in [0.717, 1.165) is 0 Å². The number of hydrogen-bond donors (Lipinski definition) is 1. The van der Waals surface area contributed by atoms with Crippen LogP contribution in [0.3, 0.4) is 0 Å². The SMILES string of the molecule is CC(C)(C)c1ccccc1.CC(C)(C)c1ccccc1CN. The summed E-state index contributed by atoms with van der Waals surface area (Å²) in [5.41, 5.74) is 10.2. The van der Waals surface area contributed by atoms with E-state index in [2.05, 4.69) is 90.1 Å². The highest BCUT2D eigenvalue weighted by Crippen LogP contribution is 2.25. The molecule has 120 valence electrons. The Balaban J connectivity index is 0.000000224. The van der Waals surface area contributed by atoms with Crippen LogP contribution in [0.25, 0.3) is 0 Å². The van der Waals surface area contributed by atoms with Gasteiger partial charge in [-0.1, -0.05) is 96.1 Å². The van der Waals surface area contributed by atoms with Crippen LogP contribution in [0.2, 0.25) is 0 Å². The largest absolute Gasteiger partial charge is 0.326 e. The van der Waals surface area contributed by atoms with Crippen LogP contribution in [0.5, 0.6) is 0 Å². The zero-order valence-electron chi connectivity index (χ0n) is 15.0. The quantitative estimate of drug-likeness (QED) is 0.746. The molecular weight excluding hydrogens is 266 g/mol. The van der Waals surface area contributed by atoms with Crippen molar-refractivity contribution in [1.29, 1.82) is 0 Å². The molecule has 1 nitrogen and oxygen atoms in total. The predicted molar refractivity (Wildman–Crippen MR) is 98.2 cm³/mol. The van der Waals surface area contributed by atoms with Gasteiger partial charge < -0.3 is 5.73 Å². The van der Waals surface area contributed by atoms with E-state index in [9.17, 15) is 0 Å². The lowest BCUT2D eigenvalue weighted by atomic mass is 9.84. The second-order valence-corrected chi connectivity index (χ2v) is 7.73. The summed E-state index contributed by atoms with van der Waals surface area (Å²) in [6, 6.07) is 18.9. The monoisotopic (exact) mass is 297 g/mol. The Kier molecular flexibility index (Phi) is 6.37. The fourth-order valence-corrected chi connectivity index (χ4v) is 2.37. The molecule has 2 rings (SSSR count). The first-order valence-electron chi connectivity index (χ1n) is 8.00. The van der Waals surface area contributed by atoms with E-state index >= 15 is 0 Å². The first-order chi connectivity index (χ1) is 10.2. The molecule has 0 aromatic heterocycles. The summed E-state index contributed by atoms with van der Waals surface area (Å²) in [7, 11) is 0. The van der Waals surface area contributed by atoms with Crippen molar-refractivity contribution in [2.45, 2.75) is 58.9 Å². The highest BCUT2D eigenvalue weighted by Gasteiger charge is 2.15. The van der Waals surface area contributed by atoms with Crippen LogP contribution in [-0.2, 0) is 17.4 Å². The standard InChI is InChI=1S/C11H17N.C10H14/c1-11(2,3)10-7-5-4-6-9(10)8-12;1-10(2,3)9-7-5-4-6-8-9/h4-7H,8,12H2,1-3H3;4-8H,1-3H3. The molecule has 0 saturated heterocycles. The number of benzene rings is 2. The van der Waals surface area contributed by atoms with Crippen LogP contribution >= 0.6 is 0 Å². The minimum atomic E-state index is 0.204. The number of nitrogens with two attached hydrogens (primary N) is 1. The van der Waals surface area contributed by atoms with Gasteiger partial charge in [-0.05, 0) is 27.5 Å². The van der Waals surface area contributed by atoms with Gasteiger partial charge in [-0.3, -0.25) is 0 Å². The summed E-state index contributed by atoms with van der Waals surface area (Å²) in [4.78, 5) is 0. The minimum absolute atomic E-state index is 0.204. The molecule has 0 aliphatic carbocycles. The van der Waals surface area contributed by atoms with Gasteiger partial charge in [-0.2, -0.15) is 0 Å². The normalized spacial score (nSPS) is 11.6. The molecule has 0 atom stereocenters. The Morgan fingerprint density at radius 3 is 1.55 bits per heavy atom. The van der Waals surface area contributed by atoms with Gasteiger partial charge in [0.25, 0.3) is 0 Å². The van der Waals surface area contributed by atoms with Crippen molar-refractivity contribution in [3.63, 3.8) is 0 Å². The van der Waals surface area contributed by atoms with Gasteiger partial charge in [0.1, 0.15) is 0 Å². The van der Waals surface area contributed by atoms with Crippen LogP contribution in [0.1, 0.15) is 58.2 Å². The maximum Gasteiger partial charge on any atom is 0.0181 e. The van der Waals surface area contributed by atoms with Crippen molar-refractivity contribution in [1.82, 2.24) is 0 Å². The third-order valence-electron chi connectivity index (χ3n) is 3.69. The average Bonchev–Trinajstić information content (AvgIpc) is 2.47. The molecule has 2 aromatic carbocycles. The highest BCUT2D eigenvalue weighted by molar-refractivity contribution is 5.32.